The van der Waals surface area contributed by atoms with E-state index in [0.717, 1.165) is 6.54 Å². The summed E-state index contributed by atoms with van der Waals surface area (Å²) in [4.78, 5) is 7.28. The number of piperazine rings is 1. The van der Waals surface area contributed by atoms with Gasteiger partial charge in [0.25, 0.3) is 5.82 Å². The minimum Gasteiger partial charge on any atom is -0.338 e. The summed E-state index contributed by atoms with van der Waals surface area (Å²) < 4.78 is 66.1. The highest BCUT2D eigenvalue weighted by atomic mass is 32.2. The number of fused-ring (bicyclic) bond motifs is 1. The van der Waals surface area contributed by atoms with Crippen LogP contribution < -0.4 is 0 Å². The first-order chi connectivity index (χ1) is 10.7. The molecule has 0 saturated carbocycles. The molecule has 2 fully saturated rings. The number of nitrogens with zero attached hydrogens (tertiary/aromatic N) is 4. The third-order valence-electron chi connectivity index (χ3n) is 4.37. The molecule has 1 aromatic rings. The largest absolute Gasteiger partial charge is 0.455 e. The van der Waals surface area contributed by atoms with Crippen molar-refractivity contribution in [2.75, 3.05) is 31.1 Å². The zero-order chi connectivity index (χ0) is 16.8. The molecule has 2 atom stereocenters. The van der Waals surface area contributed by atoms with E-state index in [4.69, 9.17) is 0 Å². The van der Waals surface area contributed by atoms with E-state index in [9.17, 15) is 21.6 Å². The lowest BCUT2D eigenvalue weighted by Crippen LogP contribution is -2.58. The lowest BCUT2D eigenvalue weighted by atomic mass is 10.0. The summed E-state index contributed by atoms with van der Waals surface area (Å²) in [5.41, 5.74) is 0. The molecule has 0 unspecified atom stereocenters. The molecule has 2 saturated heterocycles. The van der Waals surface area contributed by atoms with Crippen molar-refractivity contribution in [2.45, 2.75) is 31.7 Å². The SMILES string of the molecule is CCN1CCN(Cc2nc(C(F)(F)F)no2)[C@@H]2CS(=O)(=O)C[C@@H]21. The Kier molecular flexibility index (Phi) is 4.13. The number of likely N-dealkylation sites (N-methyl/N-ethyl adjacent to an activating group) is 1. The Morgan fingerprint density at radius 2 is 1.83 bits per heavy atom. The van der Waals surface area contributed by atoms with Crippen molar-refractivity contribution < 1.29 is 26.1 Å². The Hall–Kier alpha value is -1.20. The molecule has 3 rings (SSSR count). The Morgan fingerprint density at radius 1 is 1.22 bits per heavy atom. The van der Waals surface area contributed by atoms with E-state index >= 15 is 0 Å². The number of sulfone groups is 1. The third kappa shape index (κ3) is 3.36. The predicted molar refractivity (Wildman–Crippen MR) is 73.2 cm³/mol. The van der Waals surface area contributed by atoms with Crippen LogP contribution in [0.5, 0.6) is 0 Å². The van der Waals surface area contributed by atoms with Crippen molar-refractivity contribution in [3.05, 3.63) is 11.7 Å². The van der Waals surface area contributed by atoms with Crippen molar-refractivity contribution in [1.82, 2.24) is 19.9 Å². The van der Waals surface area contributed by atoms with E-state index in [1.165, 1.54) is 0 Å². The molecule has 2 aliphatic rings. The van der Waals surface area contributed by atoms with Gasteiger partial charge >= 0.3 is 6.18 Å². The van der Waals surface area contributed by atoms with E-state index < -0.39 is 21.8 Å². The fourth-order valence-electron chi connectivity index (χ4n) is 3.29. The minimum absolute atomic E-state index is 0.00836. The Balaban J connectivity index is 1.77. The maximum atomic E-state index is 12.5. The van der Waals surface area contributed by atoms with Crippen molar-refractivity contribution in [3.8, 4) is 0 Å². The van der Waals surface area contributed by atoms with Gasteiger partial charge in [-0.15, -0.1) is 0 Å². The van der Waals surface area contributed by atoms with Crippen molar-refractivity contribution >= 4 is 9.84 Å². The average Bonchev–Trinajstić information content (AvgIpc) is 3.02. The van der Waals surface area contributed by atoms with Crippen LogP contribution in [-0.4, -0.2) is 71.6 Å². The molecule has 0 aliphatic carbocycles. The van der Waals surface area contributed by atoms with Crippen molar-refractivity contribution in [3.63, 3.8) is 0 Å². The van der Waals surface area contributed by atoms with Crippen LogP contribution >= 0.6 is 0 Å². The third-order valence-corrected chi connectivity index (χ3v) is 6.07. The molecular formula is C12H17F3N4O3S. The van der Waals surface area contributed by atoms with Gasteiger partial charge in [-0.3, -0.25) is 9.80 Å². The zero-order valence-electron chi connectivity index (χ0n) is 12.5. The molecule has 130 valence electrons. The topological polar surface area (TPSA) is 79.5 Å². The number of rotatable bonds is 3. The van der Waals surface area contributed by atoms with E-state index in [1.54, 1.807) is 0 Å². The first-order valence-corrected chi connectivity index (χ1v) is 9.10. The highest BCUT2D eigenvalue weighted by Crippen LogP contribution is 2.29. The van der Waals surface area contributed by atoms with Gasteiger partial charge in [-0.1, -0.05) is 12.1 Å². The molecular weight excluding hydrogens is 337 g/mol. The Labute approximate surface area is 131 Å². The fraction of sp³-hybridized carbons (Fsp3) is 0.833. The Morgan fingerprint density at radius 3 is 2.39 bits per heavy atom. The molecule has 0 N–H and O–H groups in total. The number of hydrogen-bond donors (Lipinski definition) is 0. The Bertz CT molecular complexity index is 675. The van der Waals surface area contributed by atoms with E-state index in [2.05, 4.69) is 19.6 Å². The summed E-state index contributed by atoms with van der Waals surface area (Å²) in [6.07, 6.45) is -4.65. The number of halogens is 3. The molecule has 11 heteroatoms. The smallest absolute Gasteiger partial charge is 0.338 e. The monoisotopic (exact) mass is 354 g/mol. The highest BCUT2D eigenvalue weighted by Gasteiger charge is 2.46. The van der Waals surface area contributed by atoms with Gasteiger partial charge in [0.15, 0.2) is 9.84 Å². The summed E-state index contributed by atoms with van der Waals surface area (Å²) in [5, 5.41) is 2.93. The summed E-state index contributed by atoms with van der Waals surface area (Å²) in [6.45, 7) is 3.94. The normalized spacial score (nSPS) is 28.9. The molecule has 0 radical (unpaired) electrons. The first-order valence-electron chi connectivity index (χ1n) is 7.28. The van der Waals surface area contributed by atoms with Gasteiger partial charge < -0.3 is 4.52 Å². The van der Waals surface area contributed by atoms with E-state index in [1.807, 2.05) is 11.8 Å². The number of aromatic nitrogens is 2. The molecule has 2 aliphatic heterocycles. The summed E-state index contributed by atoms with van der Waals surface area (Å²) in [5.74, 6) is -1.37. The standard InChI is InChI=1S/C12H17F3N4O3S/c1-2-18-3-4-19(9-7-23(20,21)6-8(9)18)5-10-16-11(17-22-10)12(13,14)15/h8-9H,2-7H2,1H3/t8-,9+/m0/s1. The zero-order valence-corrected chi connectivity index (χ0v) is 13.3. The van der Waals surface area contributed by atoms with Gasteiger partial charge in [-0.05, 0) is 6.54 Å². The van der Waals surface area contributed by atoms with Crippen LogP contribution in [0, 0.1) is 0 Å². The highest BCUT2D eigenvalue weighted by molar-refractivity contribution is 7.91. The van der Waals surface area contributed by atoms with E-state index in [-0.39, 0.29) is 36.0 Å². The fourth-order valence-corrected chi connectivity index (χ4v) is 5.34. The summed E-state index contributed by atoms with van der Waals surface area (Å²) in [7, 11) is -3.15. The van der Waals surface area contributed by atoms with Crippen molar-refractivity contribution in [2.24, 2.45) is 0 Å². The van der Waals surface area contributed by atoms with Crippen LogP contribution in [0.3, 0.4) is 0 Å². The number of alkyl halides is 3. The molecule has 0 aromatic carbocycles. The molecule has 23 heavy (non-hydrogen) atoms. The summed E-state index contributed by atoms with van der Waals surface area (Å²) >= 11 is 0. The van der Waals surface area contributed by atoms with E-state index in [0.29, 0.717) is 13.1 Å². The molecule has 3 heterocycles. The molecule has 1 aromatic heterocycles. The van der Waals surface area contributed by atoms with Crippen LogP contribution in [0.4, 0.5) is 13.2 Å². The minimum atomic E-state index is -4.65. The molecule has 0 bridgehead atoms. The maximum absolute atomic E-state index is 12.5. The van der Waals surface area contributed by atoms with Gasteiger partial charge in [0.05, 0.1) is 18.1 Å². The quantitative estimate of drug-likeness (QED) is 0.777. The molecule has 7 nitrogen and oxygen atoms in total. The lowest BCUT2D eigenvalue weighted by molar-refractivity contribution is -0.146. The molecule has 0 spiro atoms. The first kappa shape index (κ1) is 16.7. The van der Waals surface area contributed by atoms with Gasteiger partial charge in [-0.25, -0.2) is 8.42 Å². The number of hydrogen-bond acceptors (Lipinski definition) is 7. The maximum Gasteiger partial charge on any atom is 0.455 e. The van der Waals surface area contributed by atoms with Gasteiger partial charge in [-0.2, -0.15) is 18.2 Å². The second kappa shape index (κ2) is 5.71. The summed E-state index contributed by atoms with van der Waals surface area (Å²) in [6, 6.07) is -0.390. The van der Waals surface area contributed by atoms with Crippen LogP contribution in [0.25, 0.3) is 0 Å². The predicted octanol–water partition coefficient (Wildman–Crippen LogP) is 0.391. The van der Waals surface area contributed by atoms with Crippen LogP contribution in [0.2, 0.25) is 0 Å². The molecule has 0 amide bonds. The van der Waals surface area contributed by atoms with Crippen LogP contribution in [-0.2, 0) is 22.6 Å². The average molecular weight is 354 g/mol. The van der Waals surface area contributed by atoms with Crippen LogP contribution in [0.15, 0.2) is 4.52 Å². The van der Waals surface area contributed by atoms with Gasteiger partial charge in [0.1, 0.15) is 0 Å². The lowest BCUT2D eigenvalue weighted by Gasteiger charge is -2.42. The van der Waals surface area contributed by atoms with Crippen LogP contribution in [0.1, 0.15) is 18.6 Å². The van der Waals surface area contributed by atoms with Gasteiger partial charge in [0.2, 0.25) is 5.89 Å². The van der Waals surface area contributed by atoms with Crippen molar-refractivity contribution in [1.29, 1.82) is 0 Å². The second-order valence-corrected chi connectivity index (χ2v) is 7.97. The van der Waals surface area contributed by atoms with Gasteiger partial charge in [0, 0.05) is 25.2 Å². The second-order valence-electron chi connectivity index (χ2n) is 5.82.